The second-order valence-electron chi connectivity index (χ2n) is 6.22. The highest BCUT2D eigenvalue weighted by Crippen LogP contribution is 2.17. The molecule has 5 nitrogen and oxygen atoms in total. The van der Waals surface area contributed by atoms with E-state index in [2.05, 4.69) is 10.3 Å². The smallest absolute Gasteiger partial charge is 0.287 e. The predicted octanol–water partition coefficient (Wildman–Crippen LogP) is 3.86. The van der Waals surface area contributed by atoms with Gasteiger partial charge in [-0.3, -0.25) is 14.2 Å². The molecular weight excluding hydrogens is 384 g/mol. The number of halogens is 2. The van der Waals surface area contributed by atoms with Crippen molar-refractivity contribution in [2.75, 3.05) is 11.1 Å². The van der Waals surface area contributed by atoms with Crippen LogP contribution in [0.4, 0.5) is 14.5 Å². The van der Waals surface area contributed by atoms with Crippen LogP contribution >= 0.6 is 11.8 Å². The van der Waals surface area contributed by atoms with Gasteiger partial charge in [-0.1, -0.05) is 17.8 Å². The molecule has 8 heteroatoms. The summed E-state index contributed by atoms with van der Waals surface area (Å²) in [6.07, 6.45) is 2.72. The van der Waals surface area contributed by atoms with Gasteiger partial charge in [0.25, 0.3) is 5.56 Å². The highest BCUT2D eigenvalue weighted by Gasteiger charge is 2.12. The van der Waals surface area contributed by atoms with E-state index in [4.69, 9.17) is 0 Å². The van der Waals surface area contributed by atoms with E-state index < -0.39 is 17.2 Å². The van der Waals surface area contributed by atoms with Crippen LogP contribution < -0.4 is 10.9 Å². The summed E-state index contributed by atoms with van der Waals surface area (Å²) in [6.45, 7) is 3.87. The van der Waals surface area contributed by atoms with Crippen molar-refractivity contribution in [1.29, 1.82) is 0 Å². The van der Waals surface area contributed by atoms with Crippen LogP contribution in [-0.2, 0) is 4.79 Å². The molecule has 1 N–H and O–H groups in total. The maximum absolute atomic E-state index is 13.5. The van der Waals surface area contributed by atoms with E-state index in [1.54, 1.807) is 0 Å². The predicted molar refractivity (Wildman–Crippen MR) is 105 cm³/mol. The summed E-state index contributed by atoms with van der Waals surface area (Å²) in [5.41, 5.74) is 2.40. The van der Waals surface area contributed by atoms with Gasteiger partial charge in [-0.2, -0.15) is 0 Å². The molecule has 144 valence electrons. The standard InChI is InChI=1S/C20H17F2N3O2S/c1-12-7-13(2)9-14(8-12)24-18(26)11-28-19-20(27)25(6-5-23-19)15-3-4-16(21)17(22)10-15/h3-10H,11H2,1-2H3,(H,24,26). The maximum Gasteiger partial charge on any atom is 0.287 e. The minimum atomic E-state index is -1.05. The third-order valence-electron chi connectivity index (χ3n) is 3.84. The van der Waals surface area contributed by atoms with Crippen LogP contribution in [-0.4, -0.2) is 21.2 Å². The van der Waals surface area contributed by atoms with E-state index in [9.17, 15) is 18.4 Å². The Balaban J connectivity index is 1.73. The number of carbonyl (C=O) groups excluding carboxylic acids is 1. The molecular formula is C20H17F2N3O2S. The molecule has 3 aromatic rings. The number of amides is 1. The van der Waals surface area contributed by atoms with Crippen molar-refractivity contribution in [2.45, 2.75) is 18.9 Å². The van der Waals surface area contributed by atoms with Gasteiger partial charge in [-0.15, -0.1) is 0 Å². The lowest BCUT2D eigenvalue weighted by atomic mass is 10.1. The Hall–Kier alpha value is -3.00. The third-order valence-corrected chi connectivity index (χ3v) is 4.80. The maximum atomic E-state index is 13.5. The van der Waals surface area contributed by atoms with Crippen LogP contribution in [0.5, 0.6) is 0 Å². The lowest BCUT2D eigenvalue weighted by molar-refractivity contribution is -0.113. The molecule has 0 unspecified atom stereocenters. The molecule has 28 heavy (non-hydrogen) atoms. The Labute approximate surface area is 164 Å². The second-order valence-corrected chi connectivity index (χ2v) is 7.18. The first kappa shape index (κ1) is 19.8. The molecule has 0 atom stereocenters. The van der Waals surface area contributed by atoms with Gasteiger partial charge in [-0.05, 0) is 49.2 Å². The van der Waals surface area contributed by atoms with Crippen LogP contribution in [0.1, 0.15) is 11.1 Å². The van der Waals surface area contributed by atoms with Crippen LogP contribution in [0.15, 0.2) is 58.6 Å². The second kappa shape index (κ2) is 8.35. The number of rotatable bonds is 5. The van der Waals surface area contributed by atoms with Crippen molar-refractivity contribution < 1.29 is 13.6 Å². The topological polar surface area (TPSA) is 64.0 Å². The summed E-state index contributed by atoms with van der Waals surface area (Å²) in [4.78, 5) is 28.7. The van der Waals surface area contributed by atoms with E-state index >= 15 is 0 Å². The van der Waals surface area contributed by atoms with Crippen molar-refractivity contribution >= 4 is 23.4 Å². The Bertz CT molecular complexity index is 1080. The molecule has 0 radical (unpaired) electrons. The quantitative estimate of drug-likeness (QED) is 0.660. The molecule has 0 fully saturated rings. The number of anilines is 1. The van der Waals surface area contributed by atoms with Gasteiger partial charge in [0.1, 0.15) is 0 Å². The molecule has 0 bridgehead atoms. The van der Waals surface area contributed by atoms with Crippen LogP contribution in [0.2, 0.25) is 0 Å². The number of aromatic nitrogens is 2. The molecule has 1 heterocycles. The van der Waals surface area contributed by atoms with Gasteiger partial charge in [0, 0.05) is 24.1 Å². The Morgan fingerprint density at radius 2 is 1.82 bits per heavy atom. The number of thioether (sulfide) groups is 1. The number of nitrogens with zero attached hydrogens (tertiary/aromatic N) is 2. The van der Waals surface area contributed by atoms with Crippen molar-refractivity contribution in [3.05, 3.63) is 81.9 Å². The van der Waals surface area contributed by atoms with Gasteiger partial charge >= 0.3 is 0 Å². The van der Waals surface area contributed by atoms with Gasteiger partial charge in [0.15, 0.2) is 16.7 Å². The zero-order valence-corrected chi connectivity index (χ0v) is 16.0. The Morgan fingerprint density at radius 3 is 2.50 bits per heavy atom. The molecule has 0 aliphatic heterocycles. The van der Waals surface area contributed by atoms with E-state index in [0.717, 1.165) is 39.6 Å². The fraction of sp³-hybridized carbons (Fsp3) is 0.150. The minimum absolute atomic E-state index is 0.0168. The van der Waals surface area contributed by atoms with Crippen LogP contribution in [0, 0.1) is 25.5 Å². The van der Waals surface area contributed by atoms with Crippen LogP contribution in [0.25, 0.3) is 5.69 Å². The van der Waals surface area contributed by atoms with E-state index in [-0.39, 0.29) is 22.4 Å². The van der Waals surface area contributed by atoms with Crippen LogP contribution in [0.3, 0.4) is 0 Å². The minimum Gasteiger partial charge on any atom is -0.325 e. The summed E-state index contributed by atoms with van der Waals surface area (Å²) in [5.74, 6) is -2.34. The summed E-state index contributed by atoms with van der Waals surface area (Å²) < 4.78 is 27.7. The normalized spacial score (nSPS) is 10.7. The molecule has 2 aromatic carbocycles. The molecule has 1 aromatic heterocycles. The fourth-order valence-corrected chi connectivity index (χ4v) is 3.41. The largest absolute Gasteiger partial charge is 0.325 e. The van der Waals surface area contributed by atoms with Gasteiger partial charge in [0.2, 0.25) is 5.91 Å². The van der Waals surface area contributed by atoms with Gasteiger partial charge in [0.05, 0.1) is 11.4 Å². The lowest BCUT2D eigenvalue weighted by Crippen LogP contribution is -2.22. The molecule has 0 aliphatic carbocycles. The number of aryl methyl sites for hydroxylation is 2. The summed E-state index contributed by atoms with van der Waals surface area (Å²) in [7, 11) is 0. The van der Waals surface area contributed by atoms with Crippen molar-refractivity contribution in [3.8, 4) is 5.69 Å². The first-order chi connectivity index (χ1) is 13.3. The molecule has 1 amide bonds. The molecule has 0 saturated heterocycles. The zero-order valence-electron chi connectivity index (χ0n) is 15.2. The summed E-state index contributed by atoms with van der Waals surface area (Å²) in [6, 6.07) is 8.87. The van der Waals surface area contributed by atoms with E-state index in [1.807, 2.05) is 32.0 Å². The molecule has 0 spiro atoms. The molecule has 3 rings (SSSR count). The SMILES string of the molecule is Cc1cc(C)cc(NC(=O)CSc2nccn(-c3ccc(F)c(F)c3)c2=O)c1. The Morgan fingerprint density at radius 1 is 1.11 bits per heavy atom. The first-order valence-electron chi connectivity index (χ1n) is 8.37. The average Bonchev–Trinajstić information content (AvgIpc) is 2.62. The summed E-state index contributed by atoms with van der Waals surface area (Å²) >= 11 is 0.975. The lowest BCUT2D eigenvalue weighted by Gasteiger charge is -2.09. The van der Waals surface area contributed by atoms with Crippen molar-refractivity contribution in [2.24, 2.45) is 0 Å². The molecule has 0 aliphatic rings. The zero-order chi connectivity index (χ0) is 20.3. The number of carbonyl (C=O) groups is 1. The van der Waals surface area contributed by atoms with Gasteiger partial charge < -0.3 is 5.32 Å². The fourth-order valence-electron chi connectivity index (χ4n) is 2.71. The number of nitrogens with one attached hydrogen (secondary N) is 1. The van der Waals surface area contributed by atoms with Crippen molar-refractivity contribution in [1.82, 2.24) is 9.55 Å². The first-order valence-corrected chi connectivity index (χ1v) is 9.36. The Kier molecular flexibility index (Phi) is 5.89. The van der Waals surface area contributed by atoms with Crippen molar-refractivity contribution in [3.63, 3.8) is 0 Å². The average molecular weight is 401 g/mol. The number of hydrogen-bond donors (Lipinski definition) is 1. The highest BCUT2D eigenvalue weighted by atomic mass is 32.2. The summed E-state index contributed by atoms with van der Waals surface area (Å²) in [5, 5.41) is 2.87. The van der Waals surface area contributed by atoms with E-state index in [1.165, 1.54) is 18.5 Å². The van der Waals surface area contributed by atoms with Gasteiger partial charge in [-0.25, -0.2) is 13.8 Å². The third kappa shape index (κ3) is 4.64. The van der Waals surface area contributed by atoms with E-state index in [0.29, 0.717) is 5.69 Å². The molecule has 0 saturated carbocycles. The number of hydrogen-bond acceptors (Lipinski definition) is 4. The highest BCUT2D eigenvalue weighted by molar-refractivity contribution is 7.99. The number of benzene rings is 2. The monoisotopic (exact) mass is 401 g/mol.